The van der Waals surface area contributed by atoms with Gasteiger partial charge in [-0.3, -0.25) is 0 Å². The highest BCUT2D eigenvalue weighted by atomic mass is 16.4. The Morgan fingerprint density at radius 3 is 2.75 bits per heavy atom. The van der Waals surface area contributed by atoms with E-state index < -0.39 is 0 Å². The third-order valence-electron chi connectivity index (χ3n) is 3.13. The van der Waals surface area contributed by atoms with Crippen molar-refractivity contribution in [1.29, 1.82) is 0 Å². The zero-order valence-electron chi connectivity index (χ0n) is 11.5. The molecular formula is C14H19N5O. The van der Waals surface area contributed by atoms with E-state index in [1.807, 2.05) is 42.1 Å². The van der Waals surface area contributed by atoms with Crippen molar-refractivity contribution in [3.8, 4) is 0 Å². The van der Waals surface area contributed by atoms with Crippen molar-refractivity contribution >= 4 is 5.84 Å². The van der Waals surface area contributed by atoms with E-state index in [1.54, 1.807) is 6.20 Å². The van der Waals surface area contributed by atoms with Crippen LogP contribution in [0.5, 0.6) is 0 Å². The molecule has 1 heterocycles. The molecule has 0 amide bonds. The first kappa shape index (κ1) is 14.1. The minimum absolute atomic E-state index is 0.124. The van der Waals surface area contributed by atoms with Gasteiger partial charge in [0.05, 0.1) is 0 Å². The van der Waals surface area contributed by atoms with Gasteiger partial charge in [-0.15, -0.1) is 0 Å². The lowest BCUT2D eigenvalue weighted by molar-refractivity contribution is 0.318. The number of nitrogens with one attached hydrogen (secondary N) is 1. The van der Waals surface area contributed by atoms with Gasteiger partial charge in [-0.1, -0.05) is 29.4 Å². The molecule has 6 nitrogen and oxygen atoms in total. The zero-order chi connectivity index (χ0) is 14.4. The fraction of sp³-hybridized carbons (Fsp3) is 0.286. The average molecular weight is 273 g/mol. The lowest BCUT2D eigenvalue weighted by Gasteiger charge is -2.06. The average Bonchev–Trinajstić information content (AvgIpc) is 2.89. The summed E-state index contributed by atoms with van der Waals surface area (Å²) in [5.74, 6) is 1.19. The van der Waals surface area contributed by atoms with Crippen molar-refractivity contribution < 1.29 is 5.21 Å². The van der Waals surface area contributed by atoms with E-state index in [-0.39, 0.29) is 5.84 Å². The number of imidazole rings is 1. The predicted molar refractivity (Wildman–Crippen MR) is 77.6 cm³/mol. The second-order valence-electron chi connectivity index (χ2n) is 4.56. The predicted octanol–water partition coefficient (Wildman–Crippen LogP) is 0.847. The van der Waals surface area contributed by atoms with E-state index in [0.29, 0.717) is 5.56 Å². The normalized spacial score (nSPS) is 11.8. The number of amidine groups is 1. The second-order valence-corrected chi connectivity index (χ2v) is 4.56. The van der Waals surface area contributed by atoms with Crippen molar-refractivity contribution in [3.63, 3.8) is 0 Å². The number of aryl methyl sites for hydroxylation is 1. The van der Waals surface area contributed by atoms with E-state index in [9.17, 15) is 0 Å². The van der Waals surface area contributed by atoms with Crippen LogP contribution in [0.25, 0.3) is 0 Å². The van der Waals surface area contributed by atoms with Crippen molar-refractivity contribution in [2.75, 3.05) is 6.54 Å². The monoisotopic (exact) mass is 273 g/mol. The van der Waals surface area contributed by atoms with E-state index in [2.05, 4.69) is 15.5 Å². The Hall–Kier alpha value is -2.34. The van der Waals surface area contributed by atoms with Crippen molar-refractivity contribution in [2.45, 2.75) is 13.0 Å². The Morgan fingerprint density at radius 2 is 2.15 bits per heavy atom. The maximum atomic E-state index is 8.59. The molecule has 0 aliphatic carbocycles. The number of benzene rings is 1. The minimum Gasteiger partial charge on any atom is -0.409 e. The molecular weight excluding hydrogens is 254 g/mol. The molecule has 0 atom stereocenters. The summed E-state index contributed by atoms with van der Waals surface area (Å²) >= 11 is 0. The molecule has 0 aliphatic rings. The Kier molecular flexibility index (Phi) is 4.73. The van der Waals surface area contributed by atoms with E-state index in [0.717, 1.165) is 30.9 Å². The standard InChI is InChI=1S/C14H19N5O/c1-19-9-8-17-13(19)6-7-16-10-11-2-4-12(5-3-11)14(15)18-20/h2-5,8-9,16,20H,6-7,10H2,1H3,(H2,15,18). The lowest BCUT2D eigenvalue weighted by atomic mass is 10.1. The zero-order valence-corrected chi connectivity index (χ0v) is 11.5. The summed E-state index contributed by atoms with van der Waals surface area (Å²) in [4.78, 5) is 4.27. The van der Waals surface area contributed by atoms with Gasteiger partial charge in [0.1, 0.15) is 5.82 Å². The molecule has 0 saturated heterocycles. The first-order valence-electron chi connectivity index (χ1n) is 6.44. The number of hydrogen-bond acceptors (Lipinski definition) is 4. The van der Waals surface area contributed by atoms with Crippen LogP contribution in [0.1, 0.15) is 17.0 Å². The second kappa shape index (κ2) is 6.72. The molecule has 106 valence electrons. The largest absolute Gasteiger partial charge is 0.409 e. The lowest BCUT2D eigenvalue weighted by Crippen LogP contribution is -2.18. The molecule has 0 radical (unpaired) electrons. The summed E-state index contributed by atoms with van der Waals surface area (Å²) in [5, 5.41) is 14.9. The molecule has 0 bridgehead atoms. The summed E-state index contributed by atoms with van der Waals surface area (Å²) in [6, 6.07) is 7.60. The molecule has 2 aromatic rings. The van der Waals surface area contributed by atoms with Crippen molar-refractivity contribution in [1.82, 2.24) is 14.9 Å². The highest BCUT2D eigenvalue weighted by Crippen LogP contribution is 2.04. The number of nitrogens with zero attached hydrogens (tertiary/aromatic N) is 3. The van der Waals surface area contributed by atoms with Crippen LogP contribution in [0.3, 0.4) is 0 Å². The van der Waals surface area contributed by atoms with Gasteiger partial charge in [0.15, 0.2) is 5.84 Å². The van der Waals surface area contributed by atoms with Crippen LogP contribution in [-0.2, 0) is 20.0 Å². The summed E-state index contributed by atoms with van der Waals surface area (Å²) in [6.45, 7) is 1.65. The van der Waals surface area contributed by atoms with Crippen LogP contribution in [0.2, 0.25) is 0 Å². The van der Waals surface area contributed by atoms with E-state index in [4.69, 9.17) is 10.9 Å². The summed E-state index contributed by atoms with van der Waals surface area (Å²) < 4.78 is 2.02. The number of rotatable bonds is 6. The fourth-order valence-corrected chi connectivity index (χ4v) is 1.92. The highest BCUT2D eigenvalue weighted by molar-refractivity contribution is 5.96. The minimum atomic E-state index is 0.124. The van der Waals surface area contributed by atoms with E-state index in [1.165, 1.54) is 0 Å². The van der Waals surface area contributed by atoms with Crippen LogP contribution in [-0.4, -0.2) is 27.1 Å². The molecule has 0 saturated carbocycles. The van der Waals surface area contributed by atoms with Gasteiger partial charge in [0, 0.05) is 44.5 Å². The van der Waals surface area contributed by atoms with Crippen molar-refractivity contribution in [2.24, 2.45) is 17.9 Å². The number of oxime groups is 1. The third-order valence-corrected chi connectivity index (χ3v) is 3.13. The van der Waals surface area contributed by atoms with Gasteiger partial charge in [-0.25, -0.2) is 4.98 Å². The van der Waals surface area contributed by atoms with Crippen LogP contribution in [0.15, 0.2) is 41.8 Å². The van der Waals surface area contributed by atoms with Crippen molar-refractivity contribution in [3.05, 3.63) is 53.6 Å². The number of aromatic nitrogens is 2. The third kappa shape index (κ3) is 3.58. The van der Waals surface area contributed by atoms with Gasteiger partial charge >= 0.3 is 0 Å². The summed E-state index contributed by atoms with van der Waals surface area (Å²) in [5.41, 5.74) is 7.37. The SMILES string of the molecule is Cn1ccnc1CCNCc1ccc(C(N)=NO)cc1. The van der Waals surface area contributed by atoms with Crippen LogP contribution in [0.4, 0.5) is 0 Å². The molecule has 1 aromatic carbocycles. The van der Waals surface area contributed by atoms with E-state index >= 15 is 0 Å². The Labute approximate surface area is 117 Å². The molecule has 4 N–H and O–H groups in total. The number of hydrogen-bond donors (Lipinski definition) is 3. The molecule has 2 rings (SSSR count). The molecule has 0 aliphatic heterocycles. The molecule has 0 unspecified atom stereocenters. The first-order valence-corrected chi connectivity index (χ1v) is 6.44. The van der Waals surface area contributed by atoms with Crippen LogP contribution in [0, 0.1) is 0 Å². The Bertz CT molecular complexity index is 574. The maximum absolute atomic E-state index is 8.59. The molecule has 6 heteroatoms. The van der Waals surface area contributed by atoms with Crippen LogP contribution < -0.4 is 11.1 Å². The topological polar surface area (TPSA) is 88.5 Å². The summed E-state index contributed by atoms with van der Waals surface area (Å²) in [6.07, 6.45) is 4.65. The Morgan fingerprint density at radius 1 is 1.40 bits per heavy atom. The molecule has 0 spiro atoms. The molecule has 0 fully saturated rings. The molecule has 1 aromatic heterocycles. The molecule has 20 heavy (non-hydrogen) atoms. The highest BCUT2D eigenvalue weighted by Gasteiger charge is 2.00. The Balaban J connectivity index is 1.78. The first-order chi connectivity index (χ1) is 9.70. The van der Waals surface area contributed by atoms with Gasteiger partial charge < -0.3 is 20.8 Å². The van der Waals surface area contributed by atoms with Gasteiger partial charge in [0.2, 0.25) is 0 Å². The fourth-order valence-electron chi connectivity index (χ4n) is 1.92. The smallest absolute Gasteiger partial charge is 0.170 e. The van der Waals surface area contributed by atoms with Crippen LogP contribution >= 0.6 is 0 Å². The van der Waals surface area contributed by atoms with Gasteiger partial charge in [0.25, 0.3) is 0 Å². The maximum Gasteiger partial charge on any atom is 0.170 e. The quantitative estimate of drug-likeness (QED) is 0.239. The van der Waals surface area contributed by atoms with Gasteiger partial charge in [-0.2, -0.15) is 0 Å². The number of nitrogens with two attached hydrogens (primary N) is 1. The van der Waals surface area contributed by atoms with Gasteiger partial charge in [-0.05, 0) is 5.56 Å². The summed E-state index contributed by atoms with van der Waals surface area (Å²) in [7, 11) is 1.99.